The molecule has 4 fully saturated rings. The third kappa shape index (κ3) is 3.25. The summed E-state index contributed by atoms with van der Waals surface area (Å²) in [5.74, 6) is 0.787. The predicted molar refractivity (Wildman–Crippen MR) is 99.2 cm³/mol. The maximum absolute atomic E-state index is 11.1. The van der Waals surface area contributed by atoms with Crippen molar-refractivity contribution in [2.75, 3.05) is 44.2 Å². The average molecular weight is 359 g/mol. The van der Waals surface area contributed by atoms with Gasteiger partial charge in [-0.25, -0.2) is 0 Å². The molecule has 0 radical (unpaired) electrons. The van der Waals surface area contributed by atoms with Gasteiger partial charge in [0.25, 0.3) is 0 Å². The smallest absolute Gasteiger partial charge is 0.176 e. The largest absolute Gasteiger partial charge is 0.390 e. The van der Waals surface area contributed by atoms with Gasteiger partial charge in [-0.1, -0.05) is 18.2 Å². The van der Waals surface area contributed by atoms with Gasteiger partial charge in [0.15, 0.2) is 6.29 Å². The first kappa shape index (κ1) is 17.0. The van der Waals surface area contributed by atoms with Crippen LogP contribution in [0.15, 0.2) is 30.3 Å². The summed E-state index contributed by atoms with van der Waals surface area (Å²) in [6.07, 6.45) is 1.87. The van der Waals surface area contributed by atoms with E-state index in [9.17, 15) is 5.11 Å². The molecule has 0 spiro atoms. The molecule has 1 aromatic carbocycles. The van der Waals surface area contributed by atoms with Gasteiger partial charge < -0.3 is 24.8 Å². The number of para-hydroxylation sites is 1. The first-order valence-corrected chi connectivity index (χ1v) is 10.0. The third-order valence-electron chi connectivity index (χ3n) is 6.33. The molecule has 142 valence electrons. The van der Waals surface area contributed by atoms with E-state index in [0.29, 0.717) is 6.61 Å². The van der Waals surface area contributed by atoms with E-state index in [4.69, 9.17) is 9.47 Å². The summed E-state index contributed by atoms with van der Waals surface area (Å²) >= 11 is 0. The maximum Gasteiger partial charge on any atom is 0.176 e. The number of aliphatic hydroxyl groups is 1. The molecular weight excluding hydrogens is 330 g/mol. The Morgan fingerprint density at radius 1 is 1.08 bits per heavy atom. The summed E-state index contributed by atoms with van der Waals surface area (Å²) in [7, 11) is 0. The number of aliphatic hydroxyl groups excluding tert-OH is 1. The van der Waals surface area contributed by atoms with Gasteiger partial charge in [-0.2, -0.15) is 0 Å². The van der Waals surface area contributed by atoms with E-state index in [2.05, 4.69) is 45.4 Å². The van der Waals surface area contributed by atoms with Crippen molar-refractivity contribution in [1.82, 2.24) is 10.2 Å². The monoisotopic (exact) mass is 359 g/mol. The summed E-state index contributed by atoms with van der Waals surface area (Å²) in [6, 6.07) is 10.5. The molecule has 0 aromatic heterocycles. The van der Waals surface area contributed by atoms with Crippen molar-refractivity contribution in [1.29, 1.82) is 0 Å². The lowest BCUT2D eigenvalue weighted by atomic mass is 9.94. The van der Waals surface area contributed by atoms with Crippen molar-refractivity contribution in [3.63, 3.8) is 0 Å². The van der Waals surface area contributed by atoms with Crippen molar-refractivity contribution in [3.8, 4) is 0 Å². The number of nitrogens with one attached hydrogen (secondary N) is 1. The fourth-order valence-electron chi connectivity index (χ4n) is 4.58. The first-order valence-electron chi connectivity index (χ1n) is 10.0. The van der Waals surface area contributed by atoms with E-state index >= 15 is 0 Å². The number of piperazine rings is 1. The van der Waals surface area contributed by atoms with Crippen LogP contribution in [0, 0.1) is 5.92 Å². The second-order valence-corrected chi connectivity index (χ2v) is 8.09. The van der Waals surface area contributed by atoms with Crippen LogP contribution in [0.25, 0.3) is 0 Å². The molecule has 1 saturated carbocycles. The molecule has 26 heavy (non-hydrogen) atoms. The van der Waals surface area contributed by atoms with Crippen molar-refractivity contribution in [2.24, 2.45) is 5.92 Å². The molecule has 5 atom stereocenters. The minimum Gasteiger partial charge on any atom is -0.390 e. The van der Waals surface area contributed by atoms with E-state index in [1.54, 1.807) is 0 Å². The molecule has 3 saturated heterocycles. The topological polar surface area (TPSA) is 57.2 Å². The van der Waals surface area contributed by atoms with Gasteiger partial charge in [-0.3, -0.25) is 4.90 Å². The maximum atomic E-state index is 11.1. The van der Waals surface area contributed by atoms with Crippen molar-refractivity contribution in [2.45, 2.75) is 43.4 Å². The molecular formula is C20H29N3O3. The molecule has 3 aliphatic heterocycles. The molecule has 6 heteroatoms. The summed E-state index contributed by atoms with van der Waals surface area (Å²) in [4.78, 5) is 4.77. The van der Waals surface area contributed by atoms with Crippen LogP contribution in [0.4, 0.5) is 5.69 Å². The van der Waals surface area contributed by atoms with Crippen molar-refractivity contribution < 1.29 is 14.6 Å². The highest BCUT2D eigenvalue weighted by molar-refractivity contribution is 5.46. The Morgan fingerprint density at radius 2 is 1.85 bits per heavy atom. The number of ether oxygens (including phenoxy) is 2. The van der Waals surface area contributed by atoms with Gasteiger partial charge >= 0.3 is 0 Å². The van der Waals surface area contributed by atoms with Gasteiger partial charge in [0.05, 0.1) is 24.8 Å². The Hall–Kier alpha value is -1.18. The quantitative estimate of drug-likeness (QED) is 0.806. The van der Waals surface area contributed by atoms with Gasteiger partial charge in [0.2, 0.25) is 0 Å². The van der Waals surface area contributed by atoms with Crippen LogP contribution in [0.3, 0.4) is 0 Å². The summed E-state index contributed by atoms with van der Waals surface area (Å²) in [5, 5.41) is 14.7. The Labute approximate surface area is 155 Å². The standard InChI is InChI=1S/C20H29N3O3/c24-19-17(21-12-14-6-7-14)16-13-25-20(26-16)18(19)23-10-8-22(9-11-23)15-4-2-1-3-5-15/h1-5,14,16-21,24H,6-13H2. The average Bonchev–Trinajstić information content (AvgIpc) is 3.42. The number of hydrogen-bond acceptors (Lipinski definition) is 6. The van der Waals surface area contributed by atoms with E-state index in [1.807, 2.05) is 0 Å². The minimum atomic E-state index is -0.441. The lowest BCUT2D eigenvalue weighted by molar-refractivity contribution is -0.183. The highest BCUT2D eigenvalue weighted by atomic mass is 16.7. The van der Waals surface area contributed by atoms with Crippen LogP contribution in [0.2, 0.25) is 0 Å². The summed E-state index contributed by atoms with van der Waals surface area (Å²) in [5.41, 5.74) is 1.27. The minimum absolute atomic E-state index is 0.0180. The molecule has 2 bridgehead atoms. The number of benzene rings is 1. The van der Waals surface area contributed by atoms with Gasteiger partial charge in [-0.05, 0) is 37.4 Å². The molecule has 5 rings (SSSR count). The summed E-state index contributed by atoms with van der Waals surface area (Å²) in [6.45, 7) is 5.33. The van der Waals surface area contributed by atoms with Gasteiger partial charge in [-0.15, -0.1) is 0 Å². The molecule has 6 nitrogen and oxygen atoms in total. The zero-order valence-corrected chi connectivity index (χ0v) is 15.2. The van der Waals surface area contributed by atoms with Crippen LogP contribution in [0.1, 0.15) is 12.8 Å². The van der Waals surface area contributed by atoms with E-state index in [1.165, 1.54) is 18.5 Å². The number of rotatable bonds is 5. The zero-order valence-electron chi connectivity index (χ0n) is 15.2. The molecule has 4 aliphatic rings. The zero-order chi connectivity index (χ0) is 17.5. The van der Waals surface area contributed by atoms with Gasteiger partial charge in [0, 0.05) is 31.9 Å². The van der Waals surface area contributed by atoms with Crippen LogP contribution in [0.5, 0.6) is 0 Å². The molecule has 5 unspecified atom stereocenters. The Kier molecular flexibility index (Phi) is 4.63. The number of anilines is 1. The Bertz CT molecular complexity index is 604. The molecule has 1 aliphatic carbocycles. The van der Waals surface area contributed by atoms with Gasteiger partial charge in [0.1, 0.15) is 6.10 Å². The first-order chi connectivity index (χ1) is 12.8. The number of fused-ring (bicyclic) bond motifs is 2. The van der Waals surface area contributed by atoms with Crippen molar-refractivity contribution in [3.05, 3.63) is 30.3 Å². The lowest BCUT2D eigenvalue weighted by Crippen LogP contribution is -2.66. The molecule has 2 N–H and O–H groups in total. The molecule has 1 aromatic rings. The Balaban J connectivity index is 1.24. The predicted octanol–water partition coefficient (Wildman–Crippen LogP) is 0.661. The SMILES string of the molecule is OC1C(NCC2CC2)C2COC(O2)C1N1CCN(c2ccccc2)CC1. The second kappa shape index (κ2) is 7.09. The molecule has 3 heterocycles. The fourth-order valence-corrected chi connectivity index (χ4v) is 4.58. The number of nitrogens with zero attached hydrogens (tertiary/aromatic N) is 2. The van der Waals surface area contributed by atoms with E-state index < -0.39 is 6.10 Å². The van der Waals surface area contributed by atoms with Crippen LogP contribution in [-0.2, 0) is 9.47 Å². The highest BCUT2D eigenvalue weighted by Gasteiger charge is 2.52. The normalized spacial score (nSPS) is 37.9. The van der Waals surface area contributed by atoms with Crippen LogP contribution in [-0.4, -0.2) is 79.9 Å². The highest BCUT2D eigenvalue weighted by Crippen LogP contribution is 2.33. The van der Waals surface area contributed by atoms with Crippen molar-refractivity contribution >= 4 is 5.69 Å². The van der Waals surface area contributed by atoms with E-state index in [-0.39, 0.29) is 24.5 Å². The number of hydrogen-bond donors (Lipinski definition) is 2. The lowest BCUT2D eigenvalue weighted by Gasteiger charge is -2.47. The third-order valence-corrected chi connectivity index (χ3v) is 6.33. The van der Waals surface area contributed by atoms with Crippen LogP contribution >= 0.6 is 0 Å². The van der Waals surface area contributed by atoms with Crippen LogP contribution < -0.4 is 10.2 Å². The molecule has 0 amide bonds. The Morgan fingerprint density at radius 3 is 2.58 bits per heavy atom. The van der Waals surface area contributed by atoms with E-state index in [0.717, 1.165) is 38.6 Å². The summed E-state index contributed by atoms with van der Waals surface area (Å²) < 4.78 is 12.0. The second-order valence-electron chi connectivity index (χ2n) is 8.09. The fraction of sp³-hybridized carbons (Fsp3) is 0.700.